The highest BCUT2D eigenvalue weighted by molar-refractivity contribution is 6.28. The van der Waals surface area contributed by atoms with Gasteiger partial charge in [0.25, 0.3) is 0 Å². The molecule has 0 radical (unpaired) electrons. The molecular weight excluding hydrogens is 121 g/mol. The summed E-state index contributed by atoms with van der Waals surface area (Å²) in [4.78, 5) is 6.89. The van der Waals surface area contributed by atoms with Crippen molar-refractivity contribution in [3.05, 3.63) is 0 Å². The number of alkyl halides is 1. The predicted octanol–water partition coefficient (Wildman–Crippen LogP) is 0.360. The van der Waals surface area contributed by atoms with E-state index in [0.29, 0.717) is 0 Å². The lowest BCUT2D eigenvalue weighted by molar-refractivity contribution is 0.378. The van der Waals surface area contributed by atoms with Gasteiger partial charge in [0, 0.05) is 7.05 Å². The molecule has 0 aliphatic heterocycles. The van der Waals surface area contributed by atoms with Crippen LogP contribution in [-0.4, -0.2) is 25.4 Å². The fourth-order valence-corrected chi connectivity index (χ4v) is 0.237. The molecule has 0 rings (SSSR count). The molecule has 1 atom stereocenters. The average molecular weight is 131 g/mol. The smallest absolute Gasteiger partial charge is 0.187 e. The van der Waals surface area contributed by atoms with Crippen molar-refractivity contribution in [1.82, 2.24) is 0 Å². The third-order valence-corrected chi connectivity index (χ3v) is 0.670. The van der Waals surface area contributed by atoms with Gasteiger partial charge in [-0.1, -0.05) is 0 Å². The summed E-state index contributed by atoms with van der Waals surface area (Å²) in [5.74, 6) is 0.236. The number of hydrogen-bond acceptors (Lipinski definition) is 2. The summed E-state index contributed by atoms with van der Waals surface area (Å²) < 4.78 is 11.9. The summed E-state index contributed by atoms with van der Waals surface area (Å²) in [6.07, 6.45) is -0.00435. The van der Waals surface area contributed by atoms with Gasteiger partial charge in [-0.25, -0.2) is 4.39 Å². The van der Waals surface area contributed by atoms with E-state index in [4.69, 9.17) is 5.73 Å². The zero-order valence-electron chi connectivity index (χ0n) is 5.50. The minimum Gasteiger partial charge on any atom is -0.383 e. The van der Waals surface area contributed by atoms with Crippen LogP contribution in [0.1, 0.15) is 6.92 Å². The van der Waals surface area contributed by atoms with Crippen molar-refractivity contribution in [2.75, 3.05) is 7.05 Å². The quantitative estimate of drug-likeness (QED) is 0.328. The van der Waals surface area contributed by atoms with E-state index in [1.54, 1.807) is 0 Å². The molecule has 9 heavy (non-hydrogen) atoms. The molecule has 0 aromatic heterocycles. The molecule has 0 fully saturated rings. The number of amidine groups is 1. The Balaban J connectivity index is 3.71. The normalized spacial score (nSPS) is 16.6. The van der Waals surface area contributed by atoms with E-state index in [1.165, 1.54) is 20.2 Å². The summed E-state index contributed by atoms with van der Waals surface area (Å²) in [5.41, 5.74) is 5.16. The lowest BCUT2D eigenvalue weighted by Gasteiger charge is -1.89. The molecule has 4 heteroatoms. The average Bonchev–Trinajstić information content (AvgIpc) is 1.83. The Labute approximate surface area is 53.5 Å². The number of aliphatic imine (C=N–C) groups is 2. The largest absolute Gasteiger partial charge is 0.383 e. The standard InChI is InChI=1S/C5H10FN3/c1-4(6)9-3-5(7)8-2/h3-4H,1-2H3,(H2,7,8)/b9-3-. The van der Waals surface area contributed by atoms with Crippen molar-refractivity contribution in [1.29, 1.82) is 0 Å². The van der Waals surface area contributed by atoms with E-state index < -0.39 is 6.30 Å². The van der Waals surface area contributed by atoms with Gasteiger partial charge in [0.05, 0.1) is 6.21 Å². The molecule has 3 nitrogen and oxygen atoms in total. The van der Waals surface area contributed by atoms with Gasteiger partial charge in [-0.05, 0) is 6.92 Å². The fraction of sp³-hybridized carbons (Fsp3) is 0.600. The van der Waals surface area contributed by atoms with Crippen LogP contribution in [0.25, 0.3) is 0 Å². The Morgan fingerprint density at radius 2 is 2.33 bits per heavy atom. The number of nitrogens with two attached hydrogens (primary N) is 1. The van der Waals surface area contributed by atoms with Crippen LogP contribution in [0.2, 0.25) is 0 Å². The van der Waals surface area contributed by atoms with E-state index in [2.05, 4.69) is 9.98 Å². The monoisotopic (exact) mass is 131 g/mol. The predicted molar refractivity (Wildman–Crippen MR) is 36.6 cm³/mol. The highest BCUT2D eigenvalue weighted by Gasteiger charge is 1.87. The lowest BCUT2D eigenvalue weighted by atomic mass is 10.6. The summed E-state index contributed by atoms with van der Waals surface area (Å²) >= 11 is 0. The SMILES string of the molecule is C/N=C(N)\C=N/C(C)F. The Bertz CT molecular complexity index is 128. The Morgan fingerprint density at radius 1 is 1.78 bits per heavy atom. The molecule has 0 spiro atoms. The first-order chi connectivity index (χ1) is 4.16. The van der Waals surface area contributed by atoms with Crippen molar-refractivity contribution < 1.29 is 4.39 Å². The molecule has 0 saturated carbocycles. The number of halogens is 1. The minimum absolute atomic E-state index is 0.236. The zero-order valence-corrected chi connectivity index (χ0v) is 5.50. The number of nitrogens with zero attached hydrogens (tertiary/aromatic N) is 2. The van der Waals surface area contributed by atoms with Gasteiger partial charge in [0.1, 0.15) is 5.84 Å². The van der Waals surface area contributed by atoms with E-state index in [9.17, 15) is 4.39 Å². The first kappa shape index (κ1) is 8.07. The second-order valence-corrected chi connectivity index (χ2v) is 1.50. The molecule has 0 aromatic rings. The van der Waals surface area contributed by atoms with Gasteiger partial charge in [0.15, 0.2) is 6.30 Å². The second kappa shape index (κ2) is 4.00. The van der Waals surface area contributed by atoms with Crippen LogP contribution in [0.15, 0.2) is 9.98 Å². The molecule has 2 N–H and O–H groups in total. The van der Waals surface area contributed by atoms with Crippen LogP contribution in [-0.2, 0) is 0 Å². The van der Waals surface area contributed by atoms with E-state index in [-0.39, 0.29) is 5.84 Å². The second-order valence-electron chi connectivity index (χ2n) is 1.50. The number of rotatable bonds is 2. The third kappa shape index (κ3) is 4.93. The summed E-state index contributed by atoms with van der Waals surface area (Å²) in [5, 5.41) is 0. The maximum Gasteiger partial charge on any atom is 0.187 e. The van der Waals surface area contributed by atoms with E-state index in [0.717, 1.165) is 0 Å². The molecule has 0 bridgehead atoms. The Kier molecular flexibility index (Phi) is 3.59. The summed E-state index contributed by atoms with van der Waals surface area (Å²) in [7, 11) is 1.52. The van der Waals surface area contributed by atoms with Crippen molar-refractivity contribution in [2.45, 2.75) is 13.2 Å². The van der Waals surface area contributed by atoms with Crippen molar-refractivity contribution in [3.8, 4) is 0 Å². The van der Waals surface area contributed by atoms with Crippen molar-refractivity contribution >= 4 is 12.1 Å². The number of hydrogen-bond donors (Lipinski definition) is 1. The van der Waals surface area contributed by atoms with Crippen molar-refractivity contribution in [3.63, 3.8) is 0 Å². The molecule has 0 aliphatic rings. The molecular formula is C5H10FN3. The summed E-state index contributed by atoms with van der Waals surface area (Å²) in [6.45, 7) is 1.32. The van der Waals surface area contributed by atoms with E-state index in [1.807, 2.05) is 0 Å². The summed E-state index contributed by atoms with van der Waals surface area (Å²) in [6, 6.07) is 0. The molecule has 1 unspecified atom stereocenters. The van der Waals surface area contributed by atoms with E-state index >= 15 is 0 Å². The van der Waals surface area contributed by atoms with Gasteiger partial charge in [-0.15, -0.1) is 0 Å². The van der Waals surface area contributed by atoms with Gasteiger partial charge >= 0.3 is 0 Å². The maximum atomic E-state index is 11.9. The van der Waals surface area contributed by atoms with Crippen LogP contribution in [0.3, 0.4) is 0 Å². The van der Waals surface area contributed by atoms with Crippen LogP contribution >= 0.6 is 0 Å². The first-order valence-electron chi connectivity index (χ1n) is 2.56. The zero-order chi connectivity index (χ0) is 7.28. The highest BCUT2D eigenvalue weighted by Crippen LogP contribution is 1.85. The Morgan fingerprint density at radius 3 is 2.67 bits per heavy atom. The first-order valence-corrected chi connectivity index (χ1v) is 2.56. The van der Waals surface area contributed by atoms with Crippen LogP contribution in [0, 0.1) is 0 Å². The molecule has 0 saturated heterocycles. The van der Waals surface area contributed by atoms with Crippen molar-refractivity contribution in [2.24, 2.45) is 15.7 Å². The molecule has 0 aliphatic carbocycles. The van der Waals surface area contributed by atoms with Gasteiger partial charge in [-0.2, -0.15) is 0 Å². The Hall–Kier alpha value is -0.930. The van der Waals surface area contributed by atoms with Gasteiger partial charge in [0.2, 0.25) is 0 Å². The topological polar surface area (TPSA) is 50.7 Å². The van der Waals surface area contributed by atoms with Crippen LogP contribution in [0.4, 0.5) is 4.39 Å². The van der Waals surface area contributed by atoms with Gasteiger partial charge in [-0.3, -0.25) is 9.98 Å². The maximum absolute atomic E-state index is 11.9. The van der Waals surface area contributed by atoms with Crippen LogP contribution < -0.4 is 5.73 Å². The molecule has 0 aromatic carbocycles. The molecule has 0 heterocycles. The lowest BCUT2D eigenvalue weighted by Crippen LogP contribution is -2.13. The highest BCUT2D eigenvalue weighted by atomic mass is 19.1. The fourth-order valence-electron chi connectivity index (χ4n) is 0.237. The third-order valence-electron chi connectivity index (χ3n) is 0.670. The minimum atomic E-state index is -1.20. The van der Waals surface area contributed by atoms with Crippen LogP contribution in [0.5, 0.6) is 0 Å². The molecule has 0 amide bonds. The molecule has 52 valence electrons. The van der Waals surface area contributed by atoms with Gasteiger partial charge < -0.3 is 5.73 Å².